The molecule has 1 atom stereocenters. The summed E-state index contributed by atoms with van der Waals surface area (Å²) >= 11 is 0. The fourth-order valence-corrected chi connectivity index (χ4v) is 2.31. The lowest BCUT2D eigenvalue weighted by atomic mass is 10.1. The second-order valence-electron chi connectivity index (χ2n) is 4.62. The van der Waals surface area contributed by atoms with Crippen LogP contribution in [0.4, 0.5) is 0 Å². The normalized spacial score (nSPS) is 20.7. The molecule has 1 aliphatic rings. The molecule has 1 fully saturated rings. The Morgan fingerprint density at radius 2 is 2.35 bits per heavy atom. The topological polar surface area (TPSA) is 58.7 Å². The van der Waals surface area contributed by atoms with Gasteiger partial charge in [0.15, 0.2) is 0 Å². The Labute approximate surface area is 102 Å². The maximum atomic E-state index is 9.81. The number of nitrogens with zero attached hydrogens (tertiary/aromatic N) is 1. The quantitative estimate of drug-likeness (QED) is 0.824. The van der Waals surface area contributed by atoms with Crippen molar-refractivity contribution in [2.75, 3.05) is 26.7 Å². The molecular formula is C13H20N2O2. The molecule has 1 saturated heterocycles. The van der Waals surface area contributed by atoms with E-state index in [4.69, 9.17) is 10.5 Å². The van der Waals surface area contributed by atoms with Gasteiger partial charge in [0.25, 0.3) is 0 Å². The first-order valence-corrected chi connectivity index (χ1v) is 6.01. The van der Waals surface area contributed by atoms with Crippen LogP contribution in [0, 0.1) is 5.92 Å². The van der Waals surface area contributed by atoms with Crippen molar-refractivity contribution >= 4 is 0 Å². The van der Waals surface area contributed by atoms with E-state index in [1.807, 2.05) is 6.07 Å². The zero-order valence-electron chi connectivity index (χ0n) is 10.2. The van der Waals surface area contributed by atoms with Gasteiger partial charge in [-0.25, -0.2) is 0 Å². The number of methoxy groups -OCH3 is 1. The molecule has 0 amide bonds. The van der Waals surface area contributed by atoms with Crippen LogP contribution < -0.4 is 10.5 Å². The molecular weight excluding hydrogens is 216 g/mol. The van der Waals surface area contributed by atoms with Crippen LogP contribution >= 0.6 is 0 Å². The Bertz CT molecular complexity index is 382. The lowest BCUT2D eigenvalue weighted by Gasteiger charge is -2.17. The number of phenols is 1. The van der Waals surface area contributed by atoms with Crippen LogP contribution in [0.3, 0.4) is 0 Å². The third-order valence-corrected chi connectivity index (χ3v) is 3.38. The minimum Gasteiger partial charge on any atom is -0.508 e. The van der Waals surface area contributed by atoms with E-state index in [2.05, 4.69) is 4.90 Å². The van der Waals surface area contributed by atoms with Gasteiger partial charge in [-0.3, -0.25) is 4.90 Å². The number of nitrogens with two attached hydrogens (primary N) is 1. The summed E-state index contributed by atoms with van der Waals surface area (Å²) in [6.07, 6.45) is 1.15. The summed E-state index contributed by atoms with van der Waals surface area (Å²) in [6.45, 7) is 3.59. The molecule has 4 nitrogen and oxygen atoms in total. The Kier molecular flexibility index (Phi) is 3.86. The molecule has 0 aliphatic carbocycles. The van der Waals surface area contributed by atoms with Crippen LogP contribution in [0.5, 0.6) is 11.5 Å². The SMILES string of the molecule is COc1ccc(O)c(CN2CCC(CN)C2)c1. The number of benzene rings is 1. The molecule has 0 spiro atoms. The lowest BCUT2D eigenvalue weighted by molar-refractivity contribution is 0.310. The summed E-state index contributed by atoms with van der Waals surface area (Å²) < 4.78 is 5.17. The number of hydrogen-bond donors (Lipinski definition) is 2. The van der Waals surface area contributed by atoms with E-state index >= 15 is 0 Å². The molecule has 3 N–H and O–H groups in total. The van der Waals surface area contributed by atoms with E-state index in [0.717, 1.165) is 43.9 Å². The van der Waals surface area contributed by atoms with Gasteiger partial charge in [0.2, 0.25) is 0 Å². The van der Waals surface area contributed by atoms with Crippen molar-refractivity contribution in [1.29, 1.82) is 0 Å². The molecule has 2 rings (SSSR count). The van der Waals surface area contributed by atoms with E-state index in [-0.39, 0.29) is 0 Å². The summed E-state index contributed by atoms with van der Waals surface area (Å²) in [4.78, 5) is 2.33. The highest BCUT2D eigenvalue weighted by molar-refractivity contribution is 5.39. The molecule has 1 heterocycles. The molecule has 0 radical (unpaired) electrons. The van der Waals surface area contributed by atoms with Crippen molar-refractivity contribution < 1.29 is 9.84 Å². The zero-order chi connectivity index (χ0) is 12.3. The van der Waals surface area contributed by atoms with Gasteiger partial charge in [0, 0.05) is 18.7 Å². The summed E-state index contributed by atoms with van der Waals surface area (Å²) in [6, 6.07) is 5.35. The van der Waals surface area contributed by atoms with Crippen LogP contribution in [0.15, 0.2) is 18.2 Å². The van der Waals surface area contributed by atoms with Crippen LogP contribution in [0.25, 0.3) is 0 Å². The van der Waals surface area contributed by atoms with E-state index in [0.29, 0.717) is 11.7 Å². The number of hydrogen-bond acceptors (Lipinski definition) is 4. The van der Waals surface area contributed by atoms with Crippen LogP contribution in [-0.2, 0) is 6.54 Å². The predicted octanol–water partition coefficient (Wildman–Crippen LogP) is 1.18. The summed E-state index contributed by atoms with van der Waals surface area (Å²) in [5.41, 5.74) is 6.59. The second-order valence-corrected chi connectivity index (χ2v) is 4.62. The summed E-state index contributed by atoms with van der Waals surface area (Å²) in [5, 5.41) is 9.81. The fraction of sp³-hybridized carbons (Fsp3) is 0.538. The smallest absolute Gasteiger partial charge is 0.120 e. The number of phenolic OH excluding ortho intramolecular Hbond substituents is 1. The van der Waals surface area contributed by atoms with Crippen molar-refractivity contribution in [3.63, 3.8) is 0 Å². The first-order valence-electron chi connectivity index (χ1n) is 6.01. The molecule has 1 unspecified atom stereocenters. The molecule has 94 valence electrons. The standard InChI is InChI=1S/C13H20N2O2/c1-17-12-2-3-13(16)11(6-12)9-15-5-4-10(7-14)8-15/h2-3,6,10,16H,4-5,7-9,14H2,1H3. The highest BCUT2D eigenvalue weighted by Crippen LogP contribution is 2.26. The maximum absolute atomic E-state index is 9.81. The van der Waals surface area contributed by atoms with E-state index < -0.39 is 0 Å². The first kappa shape index (κ1) is 12.2. The maximum Gasteiger partial charge on any atom is 0.120 e. The average molecular weight is 236 g/mol. The number of ether oxygens (including phenoxy) is 1. The van der Waals surface area contributed by atoms with E-state index in [1.165, 1.54) is 0 Å². The Morgan fingerprint density at radius 3 is 3.00 bits per heavy atom. The van der Waals surface area contributed by atoms with Crippen molar-refractivity contribution in [3.05, 3.63) is 23.8 Å². The molecule has 1 aromatic carbocycles. The van der Waals surface area contributed by atoms with Crippen molar-refractivity contribution in [3.8, 4) is 11.5 Å². The molecule has 4 heteroatoms. The monoisotopic (exact) mass is 236 g/mol. The molecule has 17 heavy (non-hydrogen) atoms. The van der Waals surface area contributed by atoms with Gasteiger partial charge in [-0.05, 0) is 43.6 Å². The van der Waals surface area contributed by atoms with Gasteiger partial charge in [-0.15, -0.1) is 0 Å². The van der Waals surface area contributed by atoms with Gasteiger partial charge < -0.3 is 15.6 Å². The van der Waals surface area contributed by atoms with E-state index in [1.54, 1.807) is 19.2 Å². The van der Waals surface area contributed by atoms with Gasteiger partial charge in [-0.1, -0.05) is 0 Å². The summed E-state index contributed by atoms with van der Waals surface area (Å²) in [7, 11) is 1.64. The Balaban J connectivity index is 2.03. The fourth-order valence-electron chi connectivity index (χ4n) is 2.31. The zero-order valence-corrected chi connectivity index (χ0v) is 10.2. The van der Waals surface area contributed by atoms with Crippen LogP contribution in [0.2, 0.25) is 0 Å². The third kappa shape index (κ3) is 2.90. The molecule has 0 bridgehead atoms. The number of rotatable bonds is 4. The van der Waals surface area contributed by atoms with Gasteiger partial charge in [-0.2, -0.15) is 0 Å². The van der Waals surface area contributed by atoms with Crippen LogP contribution in [0.1, 0.15) is 12.0 Å². The summed E-state index contributed by atoms with van der Waals surface area (Å²) in [5.74, 6) is 1.72. The molecule has 0 saturated carbocycles. The minimum absolute atomic E-state index is 0.335. The number of likely N-dealkylation sites (tertiary alicyclic amines) is 1. The molecule has 1 aliphatic heterocycles. The highest BCUT2D eigenvalue weighted by atomic mass is 16.5. The van der Waals surface area contributed by atoms with Gasteiger partial charge in [0.05, 0.1) is 7.11 Å². The Morgan fingerprint density at radius 1 is 1.53 bits per heavy atom. The Hall–Kier alpha value is -1.26. The van der Waals surface area contributed by atoms with Crippen molar-refractivity contribution in [2.24, 2.45) is 11.7 Å². The lowest BCUT2D eigenvalue weighted by Crippen LogP contribution is -2.22. The van der Waals surface area contributed by atoms with Crippen LogP contribution in [-0.4, -0.2) is 36.8 Å². The van der Waals surface area contributed by atoms with E-state index in [9.17, 15) is 5.11 Å². The average Bonchev–Trinajstić information content (AvgIpc) is 2.80. The largest absolute Gasteiger partial charge is 0.508 e. The highest BCUT2D eigenvalue weighted by Gasteiger charge is 2.21. The second kappa shape index (κ2) is 5.38. The van der Waals surface area contributed by atoms with Gasteiger partial charge >= 0.3 is 0 Å². The molecule has 0 aromatic heterocycles. The third-order valence-electron chi connectivity index (χ3n) is 3.38. The van der Waals surface area contributed by atoms with Gasteiger partial charge in [0.1, 0.15) is 11.5 Å². The van der Waals surface area contributed by atoms with Crippen molar-refractivity contribution in [1.82, 2.24) is 4.90 Å². The van der Waals surface area contributed by atoms with Crippen molar-refractivity contribution in [2.45, 2.75) is 13.0 Å². The predicted molar refractivity (Wildman–Crippen MR) is 67.1 cm³/mol. The minimum atomic E-state index is 0.335. The molecule has 1 aromatic rings. The first-order chi connectivity index (χ1) is 8.22. The number of aromatic hydroxyl groups is 1.